The minimum atomic E-state index is -1.09. The van der Waals surface area contributed by atoms with Crippen molar-refractivity contribution < 1.29 is 14.7 Å². The molecule has 0 aliphatic heterocycles. The van der Waals surface area contributed by atoms with Gasteiger partial charge in [0.1, 0.15) is 0 Å². The van der Waals surface area contributed by atoms with Gasteiger partial charge < -0.3 is 15.7 Å². The average molecular weight is 275 g/mol. The van der Waals surface area contributed by atoms with Crippen LogP contribution >= 0.6 is 0 Å². The van der Waals surface area contributed by atoms with E-state index in [1.807, 2.05) is 0 Å². The Balaban J connectivity index is 1.87. The van der Waals surface area contributed by atoms with Crippen molar-refractivity contribution in [1.29, 1.82) is 0 Å². The van der Waals surface area contributed by atoms with Gasteiger partial charge in [-0.1, -0.05) is 17.3 Å². The Bertz CT molecular complexity index is 597. The molecule has 0 bridgehead atoms. The largest absolute Gasteiger partial charge is 0.478 e. The molecule has 0 aliphatic rings. The number of carboxylic acids is 1. The highest BCUT2D eigenvalue weighted by molar-refractivity contribution is 5.99. The van der Waals surface area contributed by atoms with Gasteiger partial charge in [0.15, 0.2) is 0 Å². The highest BCUT2D eigenvalue weighted by Gasteiger charge is 2.11. The van der Waals surface area contributed by atoms with Crippen molar-refractivity contribution >= 4 is 17.7 Å². The maximum absolute atomic E-state index is 11.7. The Labute approximate surface area is 114 Å². The summed E-state index contributed by atoms with van der Waals surface area (Å²) in [4.78, 5) is 22.6. The van der Waals surface area contributed by atoms with Crippen LogP contribution in [0.4, 0.5) is 10.5 Å². The number of aromatic nitrogens is 3. The number of benzene rings is 1. The van der Waals surface area contributed by atoms with Gasteiger partial charge in [0.05, 0.1) is 24.0 Å². The molecular weight excluding hydrogens is 262 g/mol. The molecule has 8 nitrogen and oxygen atoms in total. The number of aromatic carboxylic acids is 1. The van der Waals surface area contributed by atoms with Crippen LogP contribution < -0.4 is 10.6 Å². The normalized spacial score (nSPS) is 10.0. The van der Waals surface area contributed by atoms with Gasteiger partial charge in [-0.25, -0.2) is 9.59 Å². The fraction of sp³-hybridized carbons (Fsp3) is 0.167. The molecule has 20 heavy (non-hydrogen) atoms. The Morgan fingerprint density at radius 1 is 1.30 bits per heavy atom. The monoisotopic (exact) mass is 275 g/mol. The van der Waals surface area contributed by atoms with E-state index in [2.05, 4.69) is 20.9 Å². The quantitative estimate of drug-likeness (QED) is 0.747. The molecule has 1 aromatic heterocycles. The molecule has 104 valence electrons. The molecule has 2 aromatic rings. The number of hydrogen-bond acceptors (Lipinski definition) is 4. The molecule has 0 saturated heterocycles. The number of nitrogens with zero attached hydrogens (tertiary/aromatic N) is 3. The van der Waals surface area contributed by atoms with Crippen molar-refractivity contribution in [1.82, 2.24) is 20.3 Å². The Hall–Kier alpha value is -2.90. The molecule has 2 amide bonds. The summed E-state index contributed by atoms with van der Waals surface area (Å²) in [6.45, 7) is 0.832. The van der Waals surface area contributed by atoms with Crippen LogP contribution in [0.2, 0.25) is 0 Å². The van der Waals surface area contributed by atoms with Crippen LogP contribution in [0.15, 0.2) is 36.7 Å². The number of hydrogen-bond donors (Lipinski definition) is 3. The molecule has 3 N–H and O–H groups in total. The number of para-hydroxylation sites is 1. The fourth-order valence-electron chi connectivity index (χ4n) is 1.58. The van der Waals surface area contributed by atoms with Crippen molar-refractivity contribution in [2.45, 2.75) is 6.54 Å². The summed E-state index contributed by atoms with van der Waals surface area (Å²) in [5.41, 5.74) is 0.289. The third-order valence-corrected chi connectivity index (χ3v) is 2.50. The predicted molar refractivity (Wildman–Crippen MR) is 70.4 cm³/mol. The maximum Gasteiger partial charge on any atom is 0.337 e. The first-order valence-electron chi connectivity index (χ1n) is 5.88. The van der Waals surface area contributed by atoms with E-state index in [4.69, 9.17) is 5.11 Å². The van der Waals surface area contributed by atoms with Crippen LogP contribution in [0.25, 0.3) is 0 Å². The Kier molecular flexibility index (Phi) is 4.28. The molecule has 0 spiro atoms. The van der Waals surface area contributed by atoms with E-state index in [0.29, 0.717) is 13.1 Å². The van der Waals surface area contributed by atoms with Crippen LogP contribution in [0, 0.1) is 0 Å². The molecule has 1 heterocycles. The van der Waals surface area contributed by atoms with Crippen molar-refractivity contribution in [3.05, 3.63) is 42.2 Å². The first-order chi connectivity index (χ1) is 9.66. The number of carbonyl (C=O) groups excluding carboxylic acids is 1. The summed E-state index contributed by atoms with van der Waals surface area (Å²) in [7, 11) is 0. The molecule has 0 aliphatic carbocycles. The van der Waals surface area contributed by atoms with Crippen LogP contribution in [0.5, 0.6) is 0 Å². The summed E-state index contributed by atoms with van der Waals surface area (Å²) in [6, 6.07) is 5.72. The average Bonchev–Trinajstić information content (AvgIpc) is 2.92. The molecule has 2 rings (SSSR count). The highest BCUT2D eigenvalue weighted by Crippen LogP contribution is 2.14. The summed E-state index contributed by atoms with van der Waals surface area (Å²) < 4.78 is 1.57. The number of carboxylic acid groups (broad SMARTS) is 1. The van der Waals surface area contributed by atoms with Crippen LogP contribution in [0.3, 0.4) is 0 Å². The Morgan fingerprint density at radius 3 is 2.80 bits per heavy atom. The van der Waals surface area contributed by atoms with E-state index in [-0.39, 0.29) is 11.3 Å². The van der Waals surface area contributed by atoms with E-state index in [9.17, 15) is 9.59 Å². The van der Waals surface area contributed by atoms with Crippen LogP contribution in [-0.2, 0) is 6.54 Å². The van der Waals surface area contributed by atoms with Gasteiger partial charge in [0.25, 0.3) is 0 Å². The summed E-state index contributed by atoms with van der Waals surface area (Å²) in [5.74, 6) is -1.09. The molecule has 0 fully saturated rings. The SMILES string of the molecule is O=C(NCCn1ccnn1)Nc1ccccc1C(=O)O. The first kappa shape index (κ1) is 13.5. The third-order valence-electron chi connectivity index (χ3n) is 2.50. The lowest BCUT2D eigenvalue weighted by Crippen LogP contribution is -2.32. The van der Waals surface area contributed by atoms with Crippen molar-refractivity contribution in [3.63, 3.8) is 0 Å². The van der Waals surface area contributed by atoms with E-state index in [0.717, 1.165) is 0 Å². The van der Waals surface area contributed by atoms with Gasteiger partial charge in [-0.05, 0) is 12.1 Å². The number of nitrogens with one attached hydrogen (secondary N) is 2. The summed E-state index contributed by atoms with van der Waals surface area (Å²) in [5, 5.41) is 21.5. The van der Waals surface area contributed by atoms with Gasteiger partial charge in [0.2, 0.25) is 0 Å². The number of rotatable bonds is 5. The van der Waals surface area contributed by atoms with Crippen molar-refractivity contribution in [2.24, 2.45) is 0 Å². The second kappa shape index (κ2) is 6.32. The second-order valence-corrected chi connectivity index (χ2v) is 3.90. The molecule has 0 atom stereocenters. The second-order valence-electron chi connectivity index (χ2n) is 3.90. The van der Waals surface area contributed by atoms with Gasteiger partial charge in [0, 0.05) is 12.7 Å². The van der Waals surface area contributed by atoms with E-state index in [1.54, 1.807) is 29.2 Å². The molecule has 1 aromatic carbocycles. The van der Waals surface area contributed by atoms with E-state index < -0.39 is 12.0 Å². The number of anilines is 1. The summed E-state index contributed by atoms with van der Waals surface area (Å²) >= 11 is 0. The zero-order valence-corrected chi connectivity index (χ0v) is 10.5. The topological polar surface area (TPSA) is 109 Å². The smallest absolute Gasteiger partial charge is 0.337 e. The maximum atomic E-state index is 11.7. The van der Waals surface area contributed by atoms with Crippen molar-refractivity contribution in [3.8, 4) is 0 Å². The number of urea groups is 1. The fourth-order valence-corrected chi connectivity index (χ4v) is 1.58. The van der Waals surface area contributed by atoms with Gasteiger partial charge in [-0.2, -0.15) is 0 Å². The Morgan fingerprint density at radius 2 is 2.10 bits per heavy atom. The van der Waals surface area contributed by atoms with Gasteiger partial charge in [-0.15, -0.1) is 5.10 Å². The highest BCUT2D eigenvalue weighted by atomic mass is 16.4. The third kappa shape index (κ3) is 3.55. The van der Waals surface area contributed by atoms with Crippen molar-refractivity contribution in [2.75, 3.05) is 11.9 Å². The van der Waals surface area contributed by atoms with Crippen LogP contribution in [0.1, 0.15) is 10.4 Å². The molecular formula is C12H13N5O3. The van der Waals surface area contributed by atoms with E-state index >= 15 is 0 Å². The van der Waals surface area contributed by atoms with E-state index in [1.165, 1.54) is 12.1 Å². The van der Waals surface area contributed by atoms with Gasteiger partial charge in [-0.3, -0.25) is 4.68 Å². The van der Waals surface area contributed by atoms with Gasteiger partial charge >= 0.3 is 12.0 Å². The summed E-state index contributed by atoms with van der Waals surface area (Å²) in [6.07, 6.45) is 3.22. The van der Waals surface area contributed by atoms with Crippen LogP contribution in [-0.4, -0.2) is 38.6 Å². The predicted octanol–water partition coefficient (Wildman–Crippen LogP) is 0.798. The molecule has 0 radical (unpaired) electrons. The number of amides is 2. The standard InChI is InChI=1S/C12H13N5O3/c18-11(19)9-3-1-2-4-10(9)15-12(20)13-5-7-17-8-6-14-16-17/h1-4,6,8H,5,7H2,(H,18,19)(H2,13,15,20). The number of carbonyl (C=O) groups is 2. The minimum absolute atomic E-state index is 0.0407. The lowest BCUT2D eigenvalue weighted by atomic mass is 10.2. The lowest BCUT2D eigenvalue weighted by molar-refractivity contribution is 0.0698. The zero-order valence-electron chi connectivity index (χ0n) is 10.5. The molecule has 8 heteroatoms. The lowest BCUT2D eigenvalue weighted by Gasteiger charge is -2.09. The zero-order chi connectivity index (χ0) is 14.4. The molecule has 0 saturated carbocycles. The minimum Gasteiger partial charge on any atom is -0.478 e. The molecule has 0 unspecified atom stereocenters. The first-order valence-corrected chi connectivity index (χ1v) is 5.88.